The quantitative estimate of drug-likeness (QED) is 0.891. The van der Waals surface area contributed by atoms with Gasteiger partial charge in [0.05, 0.1) is 5.56 Å². The van der Waals surface area contributed by atoms with Gasteiger partial charge >= 0.3 is 0 Å². The Hall–Kier alpha value is -1.99. The van der Waals surface area contributed by atoms with Crippen LogP contribution in [0, 0.1) is 11.6 Å². The third kappa shape index (κ3) is 4.75. The molecule has 2 heterocycles. The number of hydrogen-bond donors (Lipinski definition) is 1. The normalized spacial score (nSPS) is 14.8. The van der Waals surface area contributed by atoms with E-state index in [1.807, 2.05) is 0 Å². The minimum Gasteiger partial charge on any atom is -0.473 e. The molecule has 1 aromatic heterocycles. The van der Waals surface area contributed by atoms with Gasteiger partial charge in [-0.05, 0) is 38.1 Å². The van der Waals surface area contributed by atoms with Crippen LogP contribution in [0.15, 0.2) is 30.3 Å². The summed E-state index contributed by atoms with van der Waals surface area (Å²) in [5.74, 6) is -0.695. The zero-order valence-electron chi connectivity index (χ0n) is 12.9. The second kappa shape index (κ2) is 8.75. The maximum Gasteiger partial charge on any atom is 0.233 e. The fraction of sp³-hybridized carbons (Fsp3) is 0.375. The van der Waals surface area contributed by atoms with Crippen molar-refractivity contribution in [3.63, 3.8) is 0 Å². The van der Waals surface area contributed by atoms with E-state index in [9.17, 15) is 8.78 Å². The lowest BCUT2D eigenvalue weighted by atomic mass is 10.1. The summed E-state index contributed by atoms with van der Waals surface area (Å²) >= 11 is 0. The molecule has 8 heteroatoms. The van der Waals surface area contributed by atoms with Gasteiger partial charge in [-0.2, -0.15) is 0 Å². The number of rotatable bonds is 5. The zero-order chi connectivity index (χ0) is 16.1. The Morgan fingerprint density at radius 2 is 1.62 bits per heavy atom. The van der Waals surface area contributed by atoms with Crippen molar-refractivity contribution in [1.82, 2.24) is 15.5 Å². The zero-order valence-corrected chi connectivity index (χ0v) is 13.7. The van der Waals surface area contributed by atoms with Crippen molar-refractivity contribution in [2.75, 3.05) is 13.1 Å². The van der Waals surface area contributed by atoms with E-state index in [4.69, 9.17) is 9.47 Å². The average Bonchev–Trinajstić information content (AvgIpc) is 2.57. The summed E-state index contributed by atoms with van der Waals surface area (Å²) in [7, 11) is 0. The van der Waals surface area contributed by atoms with Gasteiger partial charge in [0.1, 0.15) is 24.3 Å². The first-order valence-corrected chi connectivity index (χ1v) is 7.49. The lowest BCUT2D eigenvalue weighted by Gasteiger charge is -2.22. The van der Waals surface area contributed by atoms with E-state index >= 15 is 0 Å². The minimum atomic E-state index is -0.649. The maximum absolute atomic E-state index is 13.5. The lowest BCUT2D eigenvalue weighted by Crippen LogP contribution is -2.34. The molecule has 0 saturated carbocycles. The Balaban J connectivity index is 0.00000208. The van der Waals surface area contributed by atoms with Gasteiger partial charge in [0.15, 0.2) is 0 Å². The van der Waals surface area contributed by atoms with E-state index in [-0.39, 0.29) is 36.6 Å². The number of benzene rings is 1. The molecule has 1 aliphatic heterocycles. The Labute approximate surface area is 144 Å². The molecular weight excluding hydrogens is 340 g/mol. The van der Waals surface area contributed by atoms with E-state index in [2.05, 4.69) is 15.5 Å². The minimum absolute atomic E-state index is 0. The van der Waals surface area contributed by atoms with Crippen molar-refractivity contribution in [3.05, 3.63) is 47.5 Å². The van der Waals surface area contributed by atoms with Gasteiger partial charge in [0, 0.05) is 12.1 Å². The van der Waals surface area contributed by atoms with Crippen LogP contribution in [0.1, 0.15) is 18.4 Å². The third-order valence-electron chi connectivity index (χ3n) is 3.62. The van der Waals surface area contributed by atoms with Crippen molar-refractivity contribution < 1.29 is 18.3 Å². The summed E-state index contributed by atoms with van der Waals surface area (Å²) < 4.78 is 38.0. The van der Waals surface area contributed by atoms with E-state index in [1.54, 1.807) is 12.1 Å². The highest BCUT2D eigenvalue weighted by atomic mass is 35.5. The molecule has 1 fully saturated rings. The van der Waals surface area contributed by atoms with Gasteiger partial charge in [-0.15, -0.1) is 22.6 Å². The van der Waals surface area contributed by atoms with Crippen molar-refractivity contribution in [3.8, 4) is 11.8 Å². The predicted octanol–water partition coefficient (Wildman–Crippen LogP) is 2.89. The summed E-state index contributed by atoms with van der Waals surface area (Å²) in [4.78, 5) is 0. The molecule has 3 rings (SSSR count). The summed E-state index contributed by atoms with van der Waals surface area (Å²) in [6, 6.07) is 6.89. The molecule has 1 aromatic carbocycles. The lowest BCUT2D eigenvalue weighted by molar-refractivity contribution is 0.153. The van der Waals surface area contributed by atoms with Crippen LogP contribution in [0.25, 0.3) is 0 Å². The van der Waals surface area contributed by atoms with Crippen LogP contribution in [0.2, 0.25) is 0 Å². The number of nitrogens with zero attached hydrogens (tertiary/aromatic N) is 2. The van der Waals surface area contributed by atoms with Crippen LogP contribution in [0.3, 0.4) is 0 Å². The molecular formula is C16H18ClF2N3O2. The SMILES string of the molecule is Cl.Fc1cccc(F)c1COc1ccc(OC2CCNCC2)nn1. The van der Waals surface area contributed by atoms with E-state index in [0.717, 1.165) is 25.9 Å². The number of ether oxygens (including phenoxy) is 2. The fourth-order valence-electron chi connectivity index (χ4n) is 2.35. The number of piperidine rings is 1. The molecule has 0 radical (unpaired) electrons. The van der Waals surface area contributed by atoms with Crippen molar-refractivity contribution in [1.29, 1.82) is 0 Å². The van der Waals surface area contributed by atoms with E-state index in [0.29, 0.717) is 5.88 Å². The Kier molecular flexibility index (Phi) is 6.69. The molecule has 1 N–H and O–H groups in total. The first-order chi connectivity index (χ1) is 11.2. The summed E-state index contributed by atoms with van der Waals surface area (Å²) in [5, 5.41) is 11.0. The van der Waals surface area contributed by atoms with Gasteiger partial charge in [0.25, 0.3) is 0 Å². The second-order valence-corrected chi connectivity index (χ2v) is 5.27. The summed E-state index contributed by atoms with van der Waals surface area (Å²) in [6.45, 7) is 1.60. The smallest absolute Gasteiger partial charge is 0.233 e. The van der Waals surface area contributed by atoms with E-state index < -0.39 is 11.6 Å². The Morgan fingerprint density at radius 1 is 1.00 bits per heavy atom. The second-order valence-electron chi connectivity index (χ2n) is 5.27. The molecule has 0 amide bonds. The number of halogens is 3. The van der Waals surface area contributed by atoms with Crippen LogP contribution in [-0.4, -0.2) is 29.4 Å². The molecule has 24 heavy (non-hydrogen) atoms. The monoisotopic (exact) mass is 357 g/mol. The third-order valence-corrected chi connectivity index (χ3v) is 3.62. The average molecular weight is 358 g/mol. The standard InChI is InChI=1S/C16H17F2N3O2.ClH/c17-13-2-1-3-14(18)12(13)10-22-15-4-5-16(21-20-15)23-11-6-8-19-9-7-11;/h1-5,11,19H,6-10H2;1H. The molecule has 0 aliphatic carbocycles. The van der Waals surface area contributed by atoms with Crippen LogP contribution in [-0.2, 0) is 6.61 Å². The molecule has 0 bridgehead atoms. The van der Waals surface area contributed by atoms with Crippen LogP contribution >= 0.6 is 12.4 Å². The van der Waals surface area contributed by atoms with Gasteiger partial charge < -0.3 is 14.8 Å². The topological polar surface area (TPSA) is 56.3 Å². The highest BCUT2D eigenvalue weighted by Gasteiger charge is 2.15. The highest BCUT2D eigenvalue weighted by molar-refractivity contribution is 5.85. The van der Waals surface area contributed by atoms with Crippen LogP contribution in [0.4, 0.5) is 8.78 Å². The number of aromatic nitrogens is 2. The van der Waals surface area contributed by atoms with Crippen molar-refractivity contribution >= 4 is 12.4 Å². The molecule has 130 valence electrons. The van der Waals surface area contributed by atoms with Gasteiger partial charge in [-0.1, -0.05) is 6.07 Å². The Morgan fingerprint density at radius 3 is 2.25 bits per heavy atom. The number of hydrogen-bond acceptors (Lipinski definition) is 5. The first kappa shape index (κ1) is 18.4. The molecule has 0 unspecified atom stereocenters. The fourth-order valence-corrected chi connectivity index (χ4v) is 2.35. The van der Waals surface area contributed by atoms with Gasteiger partial charge in [-0.25, -0.2) is 8.78 Å². The maximum atomic E-state index is 13.5. The molecule has 0 atom stereocenters. The summed E-state index contributed by atoms with van der Waals surface area (Å²) in [6.07, 6.45) is 1.98. The predicted molar refractivity (Wildman–Crippen MR) is 86.5 cm³/mol. The molecule has 0 spiro atoms. The first-order valence-electron chi connectivity index (χ1n) is 7.49. The van der Waals surface area contributed by atoms with E-state index in [1.165, 1.54) is 18.2 Å². The van der Waals surface area contributed by atoms with Gasteiger partial charge in [0.2, 0.25) is 11.8 Å². The van der Waals surface area contributed by atoms with Crippen molar-refractivity contribution in [2.45, 2.75) is 25.6 Å². The largest absolute Gasteiger partial charge is 0.473 e. The highest BCUT2D eigenvalue weighted by Crippen LogP contribution is 2.18. The Bertz CT molecular complexity index is 632. The number of nitrogens with one attached hydrogen (secondary N) is 1. The van der Waals surface area contributed by atoms with Gasteiger partial charge in [-0.3, -0.25) is 0 Å². The summed E-state index contributed by atoms with van der Waals surface area (Å²) in [5.41, 5.74) is -0.135. The molecule has 1 saturated heterocycles. The van der Waals surface area contributed by atoms with Crippen LogP contribution in [0.5, 0.6) is 11.8 Å². The van der Waals surface area contributed by atoms with Crippen LogP contribution < -0.4 is 14.8 Å². The molecule has 2 aromatic rings. The van der Waals surface area contributed by atoms with Crippen molar-refractivity contribution in [2.24, 2.45) is 0 Å². The molecule has 5 nitrogen and oxygen atoms in total. The molecule has 1 aliphatic rings.